The van der Waals surface area contributed by atoms with Gasteiger partial charge >= 0.3 is 0 Å². The van der Waals surface area contributed by atoms with Crippen molar-refractivity contribution in [3.63, 3.8) is 0 Å². The minimum Gasteiger partial charge on any atom is -0.493 e. The van der Waals surface area contributed by atoms with E-state index in [1.165, 1.54) is 33.5 Å². The number of nitrogens with two attached hydrogens (primary N) is 1. The number of rotatable bonds is 8. The maximum absolute atomic E-state index is 13.0. The highest BCUT2D eigenvalue weighted by Crippen LogP contribution is 2.41. The van der Waals surface area contributed by atoms with Crippen LogP contribution < -0.4 is 25.3 Å². The first-order valence-electron chi connectivity index (χ1n) is 10.4. The van der Waals surface area contributed by atoms with Crippen molar-refractivity contribution >= 4 is 17.5 Å². The van der Waals surface area contributed by atoms with Gasteiger partial charge in [-0.25, -0.2) is 0 Å². The van der Waals surface area contributed by atoms with Crippen molar-refractivity contribution in [2.24, 2.45) is 5.73 Å². The Bertz CT molecular complexity index is 1360. The van der Waals surface area contributed by atoms with Crippen LogP contribution >= 0.6 is 0 Å². The molecule has 35 heavy (non-hydrogen) atoms. The Hall–Kier alpha value is -4.86. The summed E-state index contributed by atoms with van der Waals surface area (Å²) in [6, 6.07) is 16.5. The quantitative estimate of drug-likeness (QED) is 0.393. The zero-order valence-corrected chi connectivity index (χ0v) is 19.2. The van der Waals surface area contributed by atoms with E-state index in [1.54, 1.807) is 48.5 Å². The molecule has 0 fully saturated rings. The molecule has 2 amide bonds. The Morgan fingerprint density at radius 1 is 0.914 bits per heavy atom. The van der Waals surface area contributed by atoms with E-state index in [9.17, 15) is 9.59 Å². The van der Waals surface area contributed by atoms with Crippen molar-refractivity contribution in [1.82, 2.24) is 10.1 Å². The van der Waals surface area contributed by atoms with Gasteiger partial charge in [0.05, 0.1) is 32.5 Å². The second-order valence-corrected chi connectivity index (χ2v) is 7.28. The Labute approximate surface area is 200 Å². The minimum absolute atomic E-state index is 0.156. The van der Waals surface area contributed by atoms with E-state index in [4.69, 9.17) is 24.5 Å². The number of carbonyl (C=O) groups excluding carboxylic acids is 2. The van der Waals surface area contributed by atoms with E-state index in [2.05, 4.69) is 15.5 Å². The molecule has 0 spiro atoms. The molecule has 10 heteroatoms. The minimum atomic E-state index is -0.549. The van der Waals surface area contributed by atoms with Crippen LogP contribution in [0.5, 0.6) is 17.2 Å². The van der Waals surface area contributed by atoms with Crippen LogP contribution in [0.4, 0.5) is 5.69 Å². The lowest BCUT2D eigenvalue weighted by Crippen LogP contribution is -2.14. The Balaban J connectivity index is 1.64. The highest BCUT2D eigenvalue weighted by Gasteiger charge is 2.21. The molecule has 10 nitrogen and oxygen atoms in total. The van der Waals surface area contributed by atoms with Crippen molar-refractivity contribution in [2.45, 2.75) is 0 Å². The highest BCUT2D eigenvalue weighted by atomic mass is 16.5. The normalized spacial score (nSPS) is 10.5. The van der Waals surface area contributed by atoms with Gasteiger partial charge in [0, 0.05) is 16.8 Å². The lowest BCUT2D eigenvalue weighted by Gasteiger charge is -2.12. The Morgan fingerprint density at radius 3 is 2.17 bits per heavy atom. The first kappa shape index (κ1) is 23.3. The zero-order valence-electron chi connectivity index (χ0n) is 19.2. The second kappa shape index (κ2) is 9.96. The van der Waals surface area contributed by atoms with E-state index >= 15 is 0 Å². The van der Waals surface area contributed by atoms with Gasteiger partial charge in [-0.05, 0) is 48.5 Å². The fourth-order valence-electron chi connectivity index (χ4n) is 3.44. The number of ether oxygens (including phenoxy) is 3. The van der Waals surface area contributed by atoms with Gasteiger partial charge in [-0.2, -0.15) is 4.98 Å². The third-order valence-electron chi connectivity index (χ3n) is 5.18. The molecule has 178 valence electrons. The number of nitrogens with one attached hydrogen (secondary N) is 1. The second-order valence-electron chi connectivity index (χ2n) is 7.28. The number of methoxy groups -OCH3 is 3. The molecule has 3 aromatic carbocycles. The number of nitrogens with zero attached hydrogens (tertiary/aromatic N) is 2. The van der Waals surface area contributed by atoms with Gasteiger partial charge in [-0.15, -0.1) is 0 Å². The van der Waals surface area contributed by atoms with Gasteiger partial charge in [0.1, 0.15) is 0 Å². The molecular formula is C25H22N4O6. The first-order valence-corrected chi connectivity index (χ1v) is 10.4. The van der Waals surface area contributed by atoms with E-state index in [0.717, 1.165) is 0 Å². The van der Waals surface area contributed by atoms with Crippen molar-refractivity contribution < 1.29 is 28.3 Å². The molecule has 1 aromatic heterocycles. The Kier molecular flexibility index (Phi) is 6.63. The number of anilines is 1. The van der Waals surface area contributed by atoms with Crippen molar-refractivity contribution in [2.75, 3.05) is 26.6 Å². The number of hydrogen-bond acceptors (Lipinski definition) is 8. The molecule has 0 bridgehead atoms. The van der Waals surface area contributed by atoms with Crippen molar-refractivity contribution in [3.05, 3.63) is 71.8 Å². The molecule has 0 unspecified atom stereocenters. The molecule has 0 saturated carbocycles. The van der Waals surface area contributed by atoms with Crippen LogP contribution in [0, 0.1) is 0 Å². The van der Waals surface area contributed by atoms with Crippen LogP contribution in [0.1, 0.15) is 20.7 Å². The SMILES string of the molecule is COc1cc(-c2noc(-c3ccccc3C(=O)Nc3ccc(C(N)=O)cc3)n2)cc(OC)c1OC. The number of primary amides is 1. The topological polar surface area (TPSA) is 139 Å². The fraction of sp³-hybridized carbons (Fsp3) is 0.120. The van der Waals surface area contributed by atoms with Crippen LogP contribution in [0.25, 0.3) is 22.8 Å². The van der Waals surface area contributed by atoms with Gasteiger partial charge in [0.15, 0.2) is 11.5 Å². The number of hydrogen-bond donors (Lipinski definition) is 2. The number of benzene rings is 3. The molecule has 0 atom stereocenters. The number of carbonyl (C=O) groups is 2. The summed E-state index contributed by atoms with van der Waals surface area (Å²) in [7, 11) is 4.54. The average molecular weight is 474 g/mol. The number of amides is 2. The summed E-state index contributed by atoms with van der Waals surface area (Å²) >= 11 is 0. The predicted molar refractivity (Wildman–Crippen MR) is 128 cm³/mol. The van der Waals surface area contributed by atoms with Crippen LogP contribution in [-0.2, 0) is 0 Å². The zero-order chi connectivity index (χ0) is 24.9. The summed E-state index contributed by atoms with van der Waals surface area (Å²) in [5.74, 6) is 0.812. The molecule has 0 aliphatic carbocycles. The van der Waals surface area contributed by atoms with Gasteiger partial charge in [-0.1, -0.05) is 17.3 Å². The van der Waals surface area contributed by atoms with Crippen LogP contribution in [0.15, 0.2) is 65.2 Å². The van der Waals surface area contributed by atoms with Crippen LogP contribution in [0.3, 0.4) is 0 Å². The standard InChI is InChI=1S/C25H22N4O6/c1-32-19-12-15(13-20(33-2)21(19)34-3)23-28-25(35-29-23)18-7-5-4-6-17(18)24(31)27-16-10-8-14(9-11-16)22(26)30/h4-13H,1-3H3,(H2,26,30)(H,27,31). The van der Waals surface area contributed by atoms with E-state index in [1.807, 2.05) is 0 Å². The molecule has 4 rings (SSSR count). The van der Waals surface area contributed by atoms with Gasteiger partial charge in [0.25, 0.3) is 11.8 Å². The van der Waals surface area contributed by atoms with Crippen molar-refractivity contribution in [1.29, 1.82) is 0 Å². The third kappa shape index (κ3) is 4.76. The third-order valence-corrected chi connectivity index (χ3v) is 5.18. The Morgan fingerprint density at radius 2 is 1.57 bits per heavy atom. The molecule has 4 aromatic rings. The van der Waals surface area contributed by atoms with Crippen LogP contribution in [-0.4, -0.2) is 43.3 Å². The highest BCUT2D eigenvalue weighted by molar-refractivity contribution is 6.08. The summed E-state index contributed by atoms with van der Waals surface area (Å²) in [5, 5.41) is 6.85. The monoisotopic (exact) mass is 474 g/mol. The smallest absolute Gasteiger partial charge is 0.259 e. The summed E-state index contributed by atoms with van der Waals surface area (Å²) in [6.07, 6.45) is 0. The van der Waals surface area contributed by atoms with E-state index < -0.39 is 5.91 Å². The number of aromatic nitrogens is 2. The summed E-state index contributed by atoms with van der Waals surface area (Å²) in [4.78, 5) is 28.7. The average Bonchev–Trinajstić information content (AvgIpc) is 3.38. The molecule has 0 aliphatic rings. The summed E-state index contributed by atoms with van der Waals surface area (Å²) < 4.78 is 21.6. The van der Waals surface area contributed by atoms with E-state index in [-0.39, 0.29) is 17.6 Å². The molecule has 0 saturated heterocycles. The maximum atomic E-state index is 13.0. The first-order chi connectivity index (χ1) is 16.9. The fourth-order valence-corrected chi connectivity index (χ4v) is 3.44. The lowest BCUT2D eigenvalue weighted by molar-refractivity contribution is 0.0998. The molecule has 3 N–H and O–H groups in total. The van der Waals surface area contributed by atoms with Crippen molar-refractivity contribution in [3.8, 4) is 40.1 Å². The molecule has 1 heterocycles. The van der Waals surface area contributed by atoms with Crippen LogP contribution in [0.2, 0.25) is 0 Å². The van der Waals surface area contributed by atoms with Gasteiger partial charge in [-0.3, -0.25) is 9.59 Å². The maximum Gasteiger partial charge on any atom is 0.259 e. The molecule has 0 aliphatic heterocycles. The summed E-state index contributed by atoms with van der Waals surface area (Å²) in [5.41, 5.74) is 7.45. The van der Waals surface area contributed by atoms with E-state index in [0.29, 0.717) is 45.2 Å². The lowest BCUT2D eigenvalue weighted by atomic mass is 10.1. The predicted octanol–water partition coefficient (Wildman–Crippen LogP) is 3.78. The molecular weight excluding hydrogens is 452 g/mol. The van der Waals surface area contributed by atoms with Gasteiger partial charge in [0.2, 0.25) is 17.5 Å². The largest absolute Gasteiger partial charge is 0.493 e. The summed E-state index contributed by atoms with van der Waals surface area (Å²) in [6.45, 7) is 0. The molecule has 0 radical (unpaired) electrons. The van der Waals surface area contributed by atoms with Gasteiger partial charge < -0.3 is 29.8 Å².